The number of rotatable bonds is 4. The van der Waals surface area contributed by atoms with Gasteiger partial charge in [-0.25, -0.2) is 0 Å². The van der Waals surface area contributed by atoms with Gasteiger partial charge in [-0.2, -0.15) is 0 Å². The number of ether oxygens (including phenoxy) is 3. The summed E-state index contributed by atoms with van der Waals surface area (Å²) in [7, 11) is 0. The molecular weight excluding hydrogens is 320 g/mol. The fourth-order valence-electron chi connectivity index (χ4n) is 2.57. The molecule has 0 aromatic carbocycles. The molecule has 2 aliphatic rings. The van der Waals surface area contributed by atoms with Gasteiger partial charge in [-0.1, -0.05) is 0 Å². The monoisotopic (exact) mass is 342 g/mol. The summed E-state index contributed by atoms with van der Waals surface area (Å²) in [5, 5.41) is 76.5. The Kier molecular flexibility index (Phi) is 6.27. The summed E-state index contributed by atoms with van der Waals surface area (Å²) >= 11 is 0. The zero-order valence-corrected chi connectivity index (χ0v) is 12.0. The lowest BCUT2D eigenvalue weighted by Crippen LogP contribution is -2.64. The molecule has 136 valence electrons. The minimum atomic E-state index is -1.74. The fourth-order valence-corrected chi connectivity index (χ4v) is 2.57. The molecule has 23 heavy (non-hydrogen) atoms. The highest BCUT2D eigenvalue weighted by molar-refractivity contribution is 4.93. The predicted molar refractivity (Wildman–Crippen MR) is 68.6 cm³/mol. The summed E-state index contributed by atoms with van der Waals surface area (Å²) in [4.78, 5) is 0. The molecule has 0 amide bonds. The first-order valence-corrected chi connectivity index (χ1v) is 7.08. The molecule has 0 aromatic heterocycles. The van der Waals surface area contributed by atoms with Gasteiger partial charge < -0.3 is 55.1 Å². The number of aliphatic hydroxyl groups is 8. The van der Waals surface area contributed by atoms with Crippen LogP contribution in [0.15, 0.2) is 0 Å². The third-order valence-electron chi connectivity index (χ3n) is 3.98. The van der Waals surface area contributed by atoms with Crippen LogP contribution >= 0.6 is 0 Å². The average molecular weight is 342 g/mol. The molecule has 2 saturated heterocycles. The number of aliphatic hydroxyl groups excluding tert-OH is 8. The SMILES string of the molecule is OC[C@@H]1O[C@H](O)[C@@H](O)[C@H](O)[C@H]1O[C@@H]1O[C@H](CO)[C@H](O)[C@@H](O)[C@@H]1O. The van der Waals surface area contributed by atoms with Crippen LogP contribution in [0.1, 0.15) is 0 Å². The Hall–Kier alpha value is -0.440. The highest BCUT2D eigenvalue weighted by Crippen LogP contribution is 2.28. The van der Waals surface area contributed by atoms with E-state index in [1.54, 1.807) is 0 Å². The van der Waals surface area contributed by atoms with E-state index in [2.05, 4.69) is 0 Å². The highest BCUT2D eigenvalue weighted by Gasteiger charge is 2.50. The van der Waals surface area contributed by atoms with Crippen molar-refractivity contribution in [3.05, 3.63) is 0 Å². The summed E-state index contributed by atoms with van der Waals surface area (Å²) in [6.45, 7) is -1.35. The summed E-state index contributed by atoms with van der Waals surface area (Å²) in [5.41, 5.74) is 0. The van der Waals surface area contributed by atoms with Gasteiger partial charge in [0.25, 0.3) is 0 Å². The van der Waals surface area contributed by atoms with Crippen molar-refractivity contribution < 1.29 is 55.1 Å². The van der Waals surface area contributed by atoms with Crippen LogP contribution in [-0.2, 0) is 14.2 Å². The molecule has 0 aromatic rings. The van der Waals surface area contributed by atoms with Crippen LogP contribution < -0.4 is 0 Å². The number of hydrogen-bond acceptors (Lipinski definition) is 11. The Balaban J connectivity index is 2.11. The van der Waals surface area contributed by atoms with Crippen LogP contribution in [0.5, 0.6) is 0 Å². The van der Waals surface area contributed by atoms with Crippen molar-refractivity contribution in [3.63, 3.8) is 0 Å². The second-order valence-corrected chi connectivity index (χ2v) is 5.53. The Morgan fingerprint density at radius 2 is 1.26 bits per heavy atom. The Labute approximate surface area is 130 Å². The molecule has 0 spiro atoms. The lowest BCUT2D eigenvalue weighted by atomic mass is 9.97. The standard InChI is InChI=1S/C12H22O11/c13-1-3-5(15)6(16)9(19)12(22-3)23-10-4(2-14)21-11(20)8(18)7(10)17/h3-20H,1-2H2/t3-,4+,5+,6-,7+,8+,9+,10+,11+,12+/m1/s1. The second-order valence-electron chi connectivity index (χ2n) is 5.53. The van der Waals surface area contributed by atoms with E-state index < -0.39 is 74.6 Å². The summed E-state index contributed by atoms with van der Waals surface area (Å²) < 4.78 is 15.3. The minimum Gasteiger partial charge on any atom is -0.394 e. The van der Waals surface area contributed by atoms with Crippen molar-refractivity contribution in [3.8, 4) is 0 Å². The van der Waals surface area contributed by atoms with Crippen LogP contribution in [0.3, 0.4) is 0 Å². The van der Waals surface area contributed by atoms with Crippen LogP contribution in [-0.4, -0.2) is 115 Å². The third-order valence-corrected chi connectivity index (χ3v) is 3.98. The van der Waals surface area contributed by atoms with Crippen molar-refractivity contribution in [2.75, 3.05) is 13.2 Å². The zero-order valence-electron chi connectivity index (χ0n) is 12.0. The zero-order chi connectivity index (χ0) is 17.3. The quantitative estimate of drug-likeness (QED) is 0.243. The molecular formula is C12H22O11. The largest absolute Gasteiger partial charge is 0.394 e. The molecule has 8 N–H and O–H groups in total. The fraction of sp³-hybridized carbons (Fsp3) is 1.00. The molecule has 0 unspecified atom stereocenters. The van der Waals surface area contributed by atoms with Gasteiger partial charge in [0.1, 0.15) is 48.8 Å². The topological polar surface area (TPSA) is 190 Å². The molecule has 0 aliphatic carbocycles. The molecule has 2 fully saturated rings. The summed E-state index contributed by atoms with van der Waals surface area (Å²) in [6, 6.07) is 0. The first kappa shape index (κ1) is 18.9. The van der Waals surface area contributed by atoms with Crippen LogP contribution in [0, 0.1) is 0 Å². The van der Waals surface area contributed by atoms with E-state index in [-0.39, 0.29) is 0 Å². The second kappa shape index (κ2) is 7.63. The van der Waals surface area contributed by atoms with Crippen molar-refractivity contribution >= 4 is 0 Å². The molecule has 11 nitrogen and oxygen atoms in total. The maximum atomic E-state index is 9.94. The van der Waals surface area contributed by atoms with E-state index >= 15 is 0 Å². The molecule has 11 heteroatoms. The molecule has 0 radical (unpaired) electrons. The van der Waals surface area contributed by atoms with Gasteiger partial charge in [0.05, 0.1) is 13.2 Å². The molecule has 2 heterocycles. The normalized spacial score (nSPS) is 51.7. The van der Waals surface area contributed by atoms with E-state index in [1.165, 1.54) is 0 Å². The van der Waals surface area contributed by atoms with Crippen LogP contribution in [0.4, 0.5) is 0 Å². The van der Waals surface area contributed by atoms with Crippen LogP contribution in [0.2, 0.25) is 0 Å². The van der Waals surface area contributed by atoms with E-state index in [4.69, 9.17) is 19.3 Å². The van der Waals surface area contributed by atoms with Crippen molar-refractivity contribution in [2.45, 2.75) is 61.4 Å². The van der Waals surface area contributed by atoms with Gasteiger partial charge in [0.15, 0.2) is 12.6 Å². The van der Waals surface area contributed by atoms with E-state index in [0.29, 0.717) is 0 Å². The average Bonchev–Trinajstić information content (AvgIpc) is 2.55. The molecule has 0 saturated carbocycles. The van der Waals surface area contributed by atoms with Gasteiger partial charge in [-0.3, -0.25) is 0 Å². The lowest BCUT2D eigenvalue weighted by molar-refractivity contribution is -0.355. The summed E-state index contributed by atoms with van der Waals surface area (Å²) in [6.07, 6.45) is -15.6. The summed E-state index contributed by atoms with van der Waals surface area (Å²) in [5.74, 6) is 0. The Bertz CT molecular complexity index is 378. The van der Waals surface area contributed by atoms with Crippen LogP contribution in [0.25, 0.3) is 0 Å². The minimum absolute atomic E-state index is 0.667. The predicted octanol–water partition coefficient (Wildman–Crippen LogP) is -5.40. The molecule has 2 rings (SSSR count). The molecule has 2 aliphatic heterocycles. The molecule has 0 bridgehead atoms. The first-order chi connectivity index (χ1) is 10.8. The van der Waals surface area contributed by atoms with Gasteiger partial charge in [0.2, 0.25) is 0 Å². The lowest BCUT2D eigenvalue weighted by Gasteiger charge is -2.45. The van der Waals surface area contributed by atoms with Gasteiger partial charge >= 0.3 is 0 Å². The van der Waals surface area contributed by atoms with Crippen molar-refractivity contribution in [2.24, 2.45) is 0 Å². The molecule has 10 atom stereocenters. The van der Waals surface area contributed by atoms with Crippen molar-refractivity contribution in [1.82, 2.24) is 0 Å². The Morgan fingerprint density at radius 1 is 0.652 bits per heavy atom. The Morgan fingerprint density at radius 3 is 1.83 bits per heavy atom. The van der Waals surface area contributed by atoms with Crippen molar-refractivity contribution in [1.29, 1.82) is 0 Å². The van der Waals surface area contributed by atoms with E-state index in [0.717, 1.165) is 0 Å². The van der Waals surface area contributed by atoms with Gasteiger partial charge in [-0.15, -0.1) is 0 Å². The first-order valence-electron chi connectivity index (χ1n) is 7.08. The maximum absolute atomic E-state index is 9.94. The third kappa shape index (κ3) is 3.65. The van der Waals surface area contributed by atoms with Gasteiger partial charge in [-0.05, 0) is 0 Å². The smallest absolute Gasteiger partial charge is 0.187 e. The van der Waals surface area contributed by atoms with Gasteiger partial charge in [0, 0.05) is 0 Å². The number of hydrogen-bond donors (Lipinski definition) is 8. The maximum Gasteiger partial charge on any atom is 0.187 e. The van der Waals surface area contributed by atoms with E-state index in [1.807, 2.05) is 0 Å². The highest BCUT2D eigenvalue weighted by atomic mass is 16.7. The van der Waals surface area contributed by atoms with E-state index in [9.17, 15) is 35.7 Å².